The Morgan fingerprint density at radius 3 is 2.63 bits per heavy atom. The van der Waals surface area contributed by atoms with Gasteiger partial charge in [-0.1, -0.05) is 6.08 Å². The quantitative estimate of drug-likeness (QED) is 0.754. The number of ether oxygens (including phenoxy) is 1. The second kappa shape index (κ2) is 6.94. The van der Waals surface area contributed by atoms with E-state index in [9.17, 15) is 4.79 Å². The van der Waals surface area contributed by atoms with Crippen LogP contribution in [0.15, 0.2) is 12.7 Å². The van der Waals surface area contributed by atoms with Crippen LogP contribution in [0.3, 0.4) is 0 Å². The summed E-state index contributed by atoms with van der Waals surface area (Å²) in [6.45, 7) is 11.5. The van der Waals surface area contributed by atoms with Gasteiger partial charge < -0.3 is 15.4 Å². The molecule has 1 saturated carbocycles. The summed E-state index contributed by atoms with van der Waals surface area (Å²) in [5, 5.41) is 6.54. The zero-order valence-electron chi connectivity index (χ0n) is 12.7. The molecule has 0 spiro atoms. The first kappa shape index (κ1) is 16.0. The Balaban J connectivity index is 2.43. The van der Waals surface area contributed by atoms with E-state index in [4.69, 9.17) is 4.74 Å². The fourth-order valence-electron chi connectivity index (χ4n) is 2.47. The van der Waals surface area contributed by atoms with E-state index in [0.717, 1.165) is 25.7 Å². The zero-order valence-corrected chi connectivity index (χ0v) is 12.7. The summed E-state index contributed by atoms with van der Waals surface area (Å²) in [4.78, 5) is 11.8. The lowest BCUT2D eigenvalue weighted by atomic mass is 10.1. The molecular weight excluding hydrogens is 240 g/mol. The molecule has 4 nitrogen and oxygen atoms in total. The molecule has 0 radical (unpaired) electrons. The molecule has 4 heteroatoms. The molecule has 0 aromatic carbocycles. The van der Waals surface area contributed by atoms with E-state index in [2.05, 4.69) is 24.1 Å². The summed E-state index contributed by atoms with van der Waals surface area (Å²) in [6.07, 6.45) is 5.79. The van der Waals surface area contributed by atoms with Crippen LogP contribution in [0.4, 0.5) is 4.79 Å². The molecule has 0 aromatic heterocycles. The lowest BCUT2D eigenvalue weighted by molar-refractivity contribution is 0.0497. The van der Waals surface area contributed by atoms with Gasteiger partial charge in [-0.2, -0.15) is 0 Å². The third kappa shape index (κ3) is 6.10. The van der Waals surface area contributed by atoms with Gasteiger partial charge in [-0.3, -0.25) is 0 Å². The monoisotopic (exact) mass is 268 g/mol. The van der Waals surface area contributed by atoms with Gasteiger partial charge in [-0.15, -0.1) is 6.58 Å². The zero-order chi connectivity index (χ0) is 14.5. The summed E-state index contributed by atoms with van der Waals surface area (Å²) in [5.74, 6) is 0. The van der Waals surface area contributed by atoms with Crippen LogP contribution in [-0.2, 0) is 4.74 Å². The Morgan fingerprint density at radius 2 is 2.05 bits per heavy atom. The number of nitrogens with one attached hydrogen (secondary N) is 2. The average molecular weight is 268 g/mol. The largest absolute Gasteiger partial charge is 0.444 e. The molecule has 2 N–H and O–H groups in total. The van der Waals surface area contributed by atoms with Crippen LogP contribution in [-0.4, -0.2) is 29.8 Å². The molecule has 1 aliphatic carbocycles. The molecule has 19 heavy (non-hydrogen) atoms. The van der Waals surface area contributed by atoms with Crippen LogP contribution < -0.4 is 10.6 Å². The molecule has 0 bridgehead atoms. The van der Waals surface area contributed by atoms with Gasteiger partial charge in [0.05, 0.1) is 0 Å². The number of alkyl carbamates (subject to hydrolysis) is 1. The van der Waals surface area contributed by atoms with E-state index in [1.807, 2.05) is 26.8 Å². The van der Waals surface area contributed by atoms with Crippen LogP contribution in [0.25, 0.3) is 0 Å². The van der Waals surface area contributed by atoms with E-state index < -0.39 is 5.60 Å². The van der Waals surface area contributed by atoms with E-state index in [1.54, 1.807) is 0 Å². The van der Waals surface area contributed by atoms with Crippen LogP contribution >= 0.6 is 0 Å². The highest BCUT2D eigenvalue weighted by Gasteiger charge is 2.30. The third-order valence-electron chi connectivity index (χ3n) is 3.24. The van der Waals surface area contributed by atoms with Gasteiger partial charge in [-0.05, 0) is 53.4 Å². The Hall–Kier alpha value is -1.03. The van der Waals surface area contributed by atoms with E-state index in [0.29, 0.717) is 12.1 Å². The lowest BCUT2D eigenvalue weighted by Crippen LogP contribution is -2.50. The van der Waals surface area contributed by atoms with Crippen LogP contribution in [0.1, 0.15) is 53.4 Å². The van der Waals surface area contributed by atoms with Gasteiger partial charge in [0.25, 0.3) is 0 Å². The predicted octanol–water partition coefficient (Wildman–Crippen LogP) is 2.99. The molecule has 1 fully saturated rings. The Labute approximate surface area is 117 Å². The van der Waals surface area contributed by atoms with Crippen molar-refractivity contribution in [2.24, 2.45) is 0 Å². The Kier molecular flexibility index (Phi) is 5.85. The highest BCUT2D eigenvalue weighted by molar-refractivity contribution is 5.68. The Morgan fingerprint density at radius 1 is 1.42 bits per heavy atom. The molecule has 0 aromatic rings. The summed E-state index contributed by atoms with van der Waals surface area (Å²) >= 11 is 0. The minimum absolute atomic E-state index is 0.169. The number of carbonyl (C=O) groups is 1. The highest BCUT2D eigenvalue weighted by Crippen LogP contribution is 2.20. The van der Waals surface area contributed by atoms with Crippen molar-refractivity contribution in [2.45, 2.75) is 77.1 Å². The summed E-state index contributed by atoms with van der Waals surface area (Å²) in [6, 6.07) is 0.896. The molecule has 0 saturated heterocycles. The summed E-state index contributed by atoms with van der Waals surface area (Å²) < 4.78 is 5.31. The maximum Gasteiger partial charge on any atom is 0.407 e. The standard InChI is InChI=1S/C15H28N2O2/c1-6-8-11(2)16-12-9-7-10-13(12)17-14(18)19-15(3,4)5/h6,11-13,16H,1,7-10H2,2-5H3,(H,17,18). The van der Waals surface area contributed by atoms with E-state index in [-0.39, 0.29) is 12.1 Å². The minimum atomic E-state index is -0.443. The van der Waals surface area contributed by atoms with E-state index in [1.165, 1.54) is 0 Å². The van der Waals surface area contributed by atoms with Crippen LogP contribution in [0, 0.1) is 0 Å². The van der Waals surface area contributed by atoms with Gasteiger partial charge in [0, 0.05) is 18.1 Å². The van der Waals surface area contributed by atoms with Crippen molar-refractivity contribution in [3.05, 3.63) is 12.7 Å². The average Bonchev–Trinajstić information content (AvgIpc) is 2.62. The number of rotatable bonds is 5. The van der Waals surface area contributed by atoms with Crippen LogP contribution in [0.2, 0.25) is 0 Å². The van der Waals surface area contributed by atoms with Crippen LogP contribution in [0.5, 0.6) is 0 Å². The smallest absolute Gasteiger partial charge is 0.407 e. The number of hydrogen-bond donors (Lipinski definition) is 2. The molecule has 1 rings (SSSR count). The predicted molar refractivity (Wildman–Crippen MR) is 78.2 cm³/mol. The van der Waals surface area contributed by atoms with Gasteiger partial charge in [0.2, 0.25) is 0 Å². The van der Waals surface area contributed by atoms with Gasteiger partial charge in [0.1, 0.15) is 5.60 Å². The third-order valence-corrected chi connectivity index (χ3v) is 3.24. The van der Waals surface area contributed by atoms with Crippen molar-refractivity contribution >= 4 is 6.09 Å². The molecule has 3 unspecified atom stereocenters. The summed E-state index contributed by atoms with van der Waals surface area (Å²) in [5.41, 5.74) is -0.443. The van der Waals surface area contributed by atoms with Crippen molar-refractivity contribution in [3.63, 3.8) is 0 Å². The topological polar surface area (TPSA) is 50.4 Å². The first-order valence-corrected chi connectivity index (χ1v) is 7.18. The number of amides is 1. The van der Waals surface area contributed by atoms with Crippen molar-refractivity contribution < 1.29 is 9.53 Å². The van der Waals surface area contributed by atoms with Gasteiger partial charge in [0.15, 0.2) is 0 Å². The van der Waals surface area contributed by atoms with Crippen molar-refractivity contribution in [2.75, 3.05) is 0 Å². The molecule has 3 atom stereocenters. The molecule has 110 valence electrons. The Bertz CT molecular complexity index is 310. The van der Waals surface area contributed by atoms with Gasteiger partial charge in [-0.25, -0.2) is 4.79 Å². The minimum Gasteiger partial charge on any atom is -0.444 e. The second-order valence-electron chi connectivity index (χ2n) is 6.38. The molecule has 0 aliphatic heterocycles. The first-order chi connectivity index (χ1) is 8.81. The number of hydrogen-bond acceptors (Lipinski definition) is 3. The highest BCUT2D eigenvalue weighted by atomic mass is 16.6. The van der Waals surface area contributed by atoms with Gasteiger partial charge >= 0.3 is 6.09 Å². The van der Waals surface area contributed by atoms with Crippen molar-refractivity contribution in [1.29, 1.82) is 0 Å². The normalized spacial score (nSPS) is 24.8. The van der Waals surface area contributed by atoms with E-state index >= 15 is 0 Å². The van der Waals surface area contributed by atoms with Crippen molar-refractivity contribution in [1.82, 2.24) is 10.6 Å². The van der Waals surface area contributed by atoms with Crippen molar-refractivity contribution in [3.8, 4) is 0 Å². The fraction of sp³-hybridized carbons (Fsp3) is 0.800. The molecular formula is C15H28N2O2. The lowest BCUT2D eigenvalue weighted by Gasteiger charge is -2.27. The SMILES string of the molecule is C=CCC(C)NC1CCCC1NC(=O)OC(C)(C)C. The molecule has 0 heterocycles. The second-order valence-corrected chi connectivity index (χ2v) is 6.38. The molecule has 1 aliphatic rings. The number of carbonyl (C=O) groups excluding carboxylic acids is 1. The maximum absolute atomic E-state index is 11.8. The first-order valence-electron chi connectivity index (χ1n) is 7.18. The molecule has 1 amide bonds. The summed E-state index contributed by atoms with van der Waals surface area (Å²) in [7, 11) is 0. The maximum atomic E-state index is 11.8. The fourth-order valence-corrected chi connectivity index (χ4v) is 2.47.